The van der Waals surface area contributed by atoms with Crippen molar-refractivity contribution in [1.82, 2.24) is 5.32 Å². The fourth-order valence-electron chi connectivity index (χ4n) is 1.82. The van der Waals surface area contributed by atoms with Crippen LogP contribution in [0.5, 0.6) is 0 Å². The second-order valence-electron chi connectivity index (χ2n) is 4.29. The van der Waals surface area contributed by atoms with Crippen molar-refractivity contribution in [2.75, 3.05) is 26.0 Å². The molecule has 0 amide bonds. The quantitative estimate of drug-likeness (QED) is 0.782. The summed E-state index contributed by atoms with van der Waals surface area (Å²) in [6.07, 6.45) is 2.00. The summed E-state index contributed by atoms with van der Waals surface area (Å²) < 4.78 is 0. The molecule has 0 aliphatic heterocycles. The molecule has 0 saturated carbocycles. The summed E-state index contributed by atoms with van der Waals surface area (Å²) in [5, 5.41) is 3.34. The van der Waals surface area contributed by atoms with Crippen LogP contribution in [-0.4, -0.2) is 21.1 Å². The highest BCUT2D eigenvalue weighted by molar-refractivity contribution is 5.46. The predicted molar refractivity (Wildman–Crippen MR) is 75.3 cm³/mol. The summed E-state index contributed by atoms with van der Waals surface area (Å²) in [5.74, 6) is 6.05. The van der Waals surface area contributed by atoms with Crippen LogP contribution in [0.25, 0.3) is 0 Å². The molecule has 0 aromatic heterocycles. The molecule has 1 rings (SSSR count). The molecular weight excluding hydrogens is 208 g/mol. The van der Waals surface area contributed by atoms with E-state index in [4.69, 9.17) is 0 Å². The lowest BCUT2D eigenvalue weighted by Crippen LogP contribution is -2.16. The number of hydrogen-bond donors (Lipinski definition) is 1. The van der Waals surface area contributed by atoms with Crippen molar-refractivity contribution in [2.45, 2.75) is 25.8 Å². The third kappa shape index (κ3) is 4.13. The van der Waals surface area contributed by atoms with Gasteiger partial charge in [0.05, 0.1) is 0 Å². The molecule has 2 nitrogen and oxygen atoms in total. The van der Waals surface area contributed by atoms with E-state index >= 15 is 0 Å². The Hall–Kier alpha value is -1.46. The Morgan fingerprint density at radius 2 is 1.88 bits per heavy atom. The lowest BCUT2D eigenvalue weighted by molar-refractivity contribution is 0.558. The smallest absolute Gasteiger partial charge is 0.0361 e. The maximum atomic E-state index is 3.34. The second-order valence-corrected chi connectivity index (χ2v) is 4.29. The first-order valence-electron chi connectivity index (χ1n) is 6.03. The van der Waals surface area contributed by atoms with E-state index in [9.17, 15) is 0 Å². The average Bonchev–Trinajstić information content (AvgIpc) is 2.35. The Balaban J connectivity index is 2.70. The van der Waals surface area contributed by atoms with E-state index in [-0.39, 0.29) is 0 Å². The van der Waals surface area contributed by atoms with Crippen LogP contribution >= 0.6 is 0 Å². The Kier molecular flexibility index (Phi) is 5.59. The summed E-state index contributed by atoms with van der Waals surface area (Å²) in [5.41, 5.74) is 2.56. The van der Waals surface area contributed by atoms with Crippen LogP contribution < -0.4 is 10.2 Å². The summed E-state index contributed by atoms with van der Waals surface area (Å²) >= 11 is 0. The predicted octanol–water partition coefficient (Wildman–Crippen LogP) is 2.82. The minimum Gasteiger partial charge on any atom is -0.378 e. The Morgan fingerprint density at radius 3 is 2.35 bits per heavy atom. The van der Waals surface area contributed by atoms with Gasteiger partial charge in [0.15, 0.2) is 0 Å². The molecule has 1 aromatic carbocycles. The first kappa shape index (κ1) is 13.6. The molecule has 2 heteroatoms. The van der Waals surface area contributed by atoms with E-state index in [1.165, 1.54) is 11.3 Å². The Morgan fingerprint density at radius 1 is 1.24 bits per heavy atom. The lowest BCUT2D eigenvalue weighted by Gasteiger charge is -2.17. The van der Waals surface area contributed by atoms with Crippen LogP contribution in [-0.2, 0) is 0 Å². The molecule has 92 valence electrons. The van der Waals surface area contributed by atoms with Gasteiger partial charge in [-0.3, -0.25) is 0 Å². The van der Waals surface area contributed by atoms with E-state index in [0.29, 0.717) is 6.04 Å². The SMILES string of the molecule is CC#CCCC(NC)c1ccc(N(C)C)cc1. The first-order valence-corrected chi connectivity index (χ1v) is 6.03. The third-order valence-electron chi connectivity index (χ3n) is 2.90. The van der Waals surface area contributed by atoms with Crippen molar-refractivity contribution in [3.63, 3.8) is 0 Å². The van der Waals surface area contributed by atoms with Crippen molar-refractivity contribution in [2.24, 2.45) is 0 Å². The molecule has 1 atom stereocenters. The number of hydrogen-bond acceptors (Lipinski definition) is 2. The zero-order valence-corrected chi connectivity index (χ0v) is 11.2. The molecule has 1 aromatic rings. The highest BCUT2D eigenvalue weighted by Crippen LogP contribution is 2.20. The molecule has 0 spiro atoms. The van der Waals surface area contributed by atoms with Gasteiger partial charge in [-0.2, -0.15) is 0 Å². The van der Waals surface area contributed by atoms with Gasteiger partial charge in [0, 0.05) is 32.2 Å². The first-order chi connectivity index (χ1) is 8.19. The molecule has 0 aliphatic carbocycles. The zero-order chi connectivity index (χ0) is 12.7. The summed E-state index contributed by atoms with van der Waals surface area (Å²) in [7, 11) is 6.12. The largest absolute Gasteiger partial charge is 0.378 e. The van der Waals surface area contributed by atoms with Crippen LogP contribution in [0.15, 0.2) is 24.3 Å². The Bertz CT molecular complexity index is 382. The van der Waals surface area contributed by atoms with Gasteiger partial charge in [-0.05, 0) is 38.1 Å². The van der Waals surface area contributed by atoms with Gasteiger partial charge in [0.2, 0.25) is 0 Å². The van der Waals surface area contributed by atoms with Gasteiger partial charge in [0.25, 0.3) is 0 Å². The summed E-state index contributed by atoms with van der Waals surface area (Å²) in [6, 6.07) is 9.09. The van der Waals surface area contributed by atoms with Gasteiger partial charge in [-0.25, -0.2) is 0 Å². The van der Waals surface area contributed by atoms with Gasteiger partial charge in [-0.1, -0.05) is 12.1 Å². The molecule has 0 radical (unpaired) electrons. The molecular formula is C15H22N2. The van der Waals surface area contributed by atoms with E-state index in [1.807, 2.05) is 14.0 Å². The minimum absolute atomic E-state index is 0.395. The summed E-state index contributed by atoms with van der Waals surface area (Å²) in [6.45, 7) is 1.89. The number of rotatable bonds is 5. The number of benzene rings is 1. The van der Waals surface area contributed by atoms with Crippen LogP contribution in [0, 0.1) is 11.8 Å². The molecule has 0 aliphatic rings. The van der Waals surface area contributed by atoms with Crippen LogP contribution in [0.1, 0.15) is 31.4 Å². The molecule has 17 heavy (non-hydrogen) atoms. The summed E-state index contributed by atoms with van der Waals surface area (Å²) in [4.78, 5) is 2.11. The highest BCUT2D eigenvalue weighted by Gasteiger charge is 2.08. The molecule has 0 fully saturated rings. The monoisotopic (exact) mass is 230 g/mol. The van der Waals surface area contributed by atoms with E-state index in [1.54, 1.807) is 0 Å². The van der Waals surface area contributed by atoms with Gasteiger partial charge in [-0.15, -0.1) is 11.8 Å². The van der Waals surface area contributed by atoms with Crippen LogP contribution in [0.3, 0.4) is 0 Å². The third-order valence-corrected chi connectivity index (χ3v) is 2.90. The topological polar surface area (TPSA) is 15.3 Å². The van der Waals surface area contributed by atoms with Crippen molar-refractivity contribution >= 4 is 5.69 Å². The maximum absolute atomic E-state index is 3.34. The molecule has 0 bridgehead atoms. The molecule has 0 heterocycles. The number of anilines is 1. The fraction of sp³-hybridized carbons (Fsp3) is 0.467. The highest BCUT2D eigenvalue weighted by atomic mass is 15.1. The average molecular weight is 230 g/mol. The van der Waals surface area contributed by atoms with Crippen molar-refractivity contribution in [3.8, 4) is 11.8 Å². The van der Waals surface area contributed by atoms with Gasteiger partial charge >= 0.3 is 0 Å². The van der Waals surface area contributed by atoms with E-state index in [2.05, 4.69) is 60.4 Å². The second kappa shape index (κ2) is 6.98. The minimum atomic E-state index is 0.395. The maximum Gasteiger partial charge on any atom is 0.0361 e. The van der Waals surface area contributed by atoms with Crippen molar-refractivity contribution in [3.05, 3.63) is 29.8 Å². The molecule has 1 N–H and O–H groups in total. The zero-order valence-electron chi connectivity index (χ0n) is 11.2. The normalized spacial score (nSPS) is 11.5. The van der Waals surface area contributed by atoms with Gasteiger partial charge in [0.1, 0.15) is 0 Å². The Labute approximate surface area is 105 Å². The van der Waals surface area contributed by atoms with E-state index < -0.39 is 0 Å². The van der Waals surface area contributed by atoms with Crippen molar-refractivity contribution < 1.29 is 0 Å². The standard InChI is InChI=1S/C15H22N2/c1-5-6-7-8-15(16-2)13-9-11-14(12-10-13)17(3)4/h9-12,15-16H,7-8H2,1-4H3. The molecule has 0 saturated heterocycles. The van der Waals surface area contributed by atoms with Crippen molar-refractivity contribution in [1.29, 1.82) is 0 Å². The fourth-order valence-corrected chi connectivity index (χ4v) is 1.82. The number of nitrogens with one attached hydrogen (secondary N) is 1. The number of nitrogens with zero attached hydrogens (tertiary/aromatic N) is 1. The molecule has 1 unspecified atom stereocenters. The lowest BCUT2D eigenvalue weighted by atomic mass is 10.0. The van der Waals surface area contributed by atoms with Crippen LogP contribution in [0.2, 0.25) is 0 Å². The van der Waals surface area contributed by atoms with E-state index in [0.717, 1.165) is 12.8 Å². The van der Waals surface area contributed by atoms with Crippen LogP contribution in [0.4, 0.5) is 5.69 Å². The van der Waals surface area contributed by atoms with Gasteiger partial charge < -0.3 is 10.2 Å².